The standard InChI is InChI=1S/C18H32N4O2/c1-5-7-8-9-12-18(3,17(23)24-6-2)19-13-15-20-21-16(22(15)4)14-10-11-14/h14,19H,5-13H2,1-4H3. The Morgan fingerprint density at radius 1 is 1.29 bits per heavy atom. The zero-order chi connectivity index (χ0) is 17.6. The Bertz CT molecular complexity index is 539. The molecule has 1 aromatic heterocycles. The highest BCUT2D eigenvalue weighted by molar-refractivity contribution is 5.80. The lowest BCUT2D eigenvalue weighted by Crippen LogP contribution is -2.50. The zero-order valence-electron chi connectivity index (χ0n) is 15.6. The van der Waals surface area contributed by atoms with Crippen molar-refractivity contribution in [2.45, 2.75) is 83.7 Å². The summed E-state index contributed by atoms with van der Waals surface area (Å²) in [5.41, 5.74) is -0.671. The summed E-state index contributed by atoms with van der Waals surface area (Å²) in [6.07, 6.45) is 7.73. The van der Waals surface area contributed by atoms with Crippen LogP contribution in [0.2, 0.25) is 0 Å². The number of ether oxygens (including phenoxy) is 1. The topological polar surface area (TPSA) is 69.0 Å². The van der Waals surface area contributed by atoms with Crippen LogP contribution in [0.5, 0.6) is 0 Å². The fraction of sp³-hybridized carbons (Fsp3) is 0.833. The van der Waals surface area contributed by atoms with E-state index in [0.29, 0.717) is 19.1 Å². The van der Waals surface area contributed by atoms with Crippen molar-refractivity contribution in [3.8, 4) is 0 Å². The molecule has 0 spiro atoms. The molecule has 0 radical (unpaired) electrons. The predicted molar refractivity (Wildman–Crippen MR) is 93.6 cm³/mol. The summed E-state index contributed by atoms with van der Waals surface area (Å²) in [7, 11) is 2.01. The van der Waals surface area contributed by atoms with E-state index < -0.39 is 5.54 Å². The Hall–Kier alpha value is -1.43. The average Bonchev–Trinajstić information content (AvgIpc) is 3.34. The van der Waals surface area contributed by atoms with Crippen LogP contribution < -0.4 is 5.32 Å². The van der Waals surface area contributed by atoms with E-state index in [9.17, 15) is 4.79 Å². The average molecular weight is 336 g/mol. The maximum Gasteiger partial charge on any atom is 0.326 e. The molecule has 0 amide bonds. The van der Waals surface area contributed by atoms with E-state index in [2.05, 4.69) is 27.0 Å². The van der Waals surface area contributed by atoms with Gasteiger partial charge in [0.15, 0.2) is 0 Å². The Labute approximate surface area is 145 Å². The van der Waals surface area contributed by atoms with Crippen LogP contribution in [0, 0.1) is 0 Å². The van der Waals surface area contributed by atoms with E-state index in [1.165, 1.54) is 25.7 Å². The van der Waals surface area contributed by atoms with E-state index in [0.717, 1.165) is 30.9 Å². The number of aromatic nitrogens is 3. The lowest BCUT2D eigenvalue weighted by Gasteiger charge is -2.28. The fourth-order valence-electron chi connectivity index (χ4n) is 2.96. The summed E-state index contributed by atoms with van der Waals surface area (Å²) in [6.45, 7) is 6.91. The molecule has 6 heteroatoms. The van der Waals surface area contributed by atoms with Crippen molar-refractivity contribution in [2.24, 2.45) is 7.05 Å². The molecule has 1 unspecified atom stereocenters. The van der Waals surface area contributed by atoms with Gasteiger partial charge in [-0.05, 0) is 33.1 Å². The molecule has 6 nitrogen and oxygen atoms in total. The van der Waals surface area contributed by atoms with Crippen molar-refractivity contribution in [1.82, 2.24) is 20.1 Å². The maximum atomic E-state index is 12.4. The molecule has 1 aliphatic carbocycles. The summed E-state index contributed by atoms with van der Waals surface area (Å²) in [5, 5.41) is 12.0. The number of nitrogens with one attached hydrogen (secondary N) is 1. The molecule has 1 aliphatic rings. The van der Waals surface area contributed by atoms with Crippen molar-refractivity contribution in [3.05, 3.63) is 11.6 Å². The molecule has 0 aromatic carbocycles. The highest BCUT2D eigenvalue weighted by Crippen LogP contribution is 2.38. The Balaban J connectivity index is 1.97. The number of carbonyl (C=O) groups excluding carboxylic acids is 1. The molecule has 0 aliphatic heterocycles. The minimum absolute atomic E-state index is 0.175. The molecular formula is C18H32N4O2. The van der Waals surface area contributed by atoms with Gasteiger partial charge in [0, 0.05) is 13.0 Å². The van der Waals surface area contributed by atoms with Gasteiger partial charge in [-0.15, -0.1) is 10.2 Å². The van der Waals surface area contributed by atoms with Gasteiger partial charge in [0.2, 0.25) is 0 Å². The van der Waals surface area contributed by atoms with Gasteiger partial charge in [-0.1, -0.05) is 32.6 Å². The van der Waals surface area contributed by atoms with Gasteiger partial charge in [-0.2, -0.15) is 0 Å². The van der Waals surface area contributed by atoms with Gasteiger partial charge in [-0.3, -0.25) is 10.1 Å². The smallest absolute Gasteiger partial charge is 0.326 e. The summed E-state index contributed by atoms with van der Waals surface area (Å²) in [4.78, 5) is 12.4. The lowest BCUT2D eigenvalue weighted by molar-refractivity contribution is -0.151. The largest absolute Gasteiger partial charge is 0.465 e. The predicted octanol–water partition coefficient (Wildman–Crippen LogP) is 3.07. The van der Waals surface area contributed by atoms with Crippen molar-refractivity contribution >= 4 is 5.97 Å². The molecule has 1 saturated carbocycles. The molecule has 1 N–H and O–H groups in total. The molecule has 1 heterocycles. The number of esters is 1. The monoisotopic (exact) mass is 336 g/mol. The number of nitrogens with zero attached hydrogens (tertiary/aromatic N) is 3. The first-order valence-electron chi connectivity index (χ1n) is 9.32. The normalized spacial score (nSPS) is 16.8. The SMILES string of the molecule is CCCCCCC(C)(NCc1nnc(C2CC2)n1C)C(=O)OCC. The second-order valence-electron chi connectivity index (χ2n) is 7.02. The molecule has 1 atom stereocenters. The van der Waals surface area contributed by atoms with Crippen LogP contribution in [-0.2, 0) is 23.1 Å². The molecule has 24 heavy (non-hydrogen) atoms. The summed E-state index contributed by atoms with van der Waals surface area (Å²) < 4.78 is 7.35. The Kier molecular flexibility index (Phi) is 6.78. The number of hydrogen-bond acceptors (Lipinski definition) is 5. The third-order valence-corrected chi connectivity index (χ3v) is 4.83. The lowest BCUT2D eigenvalue weighted by atomic mass is 9.94. The van der Waals surface area contributed by atoms with Crippen molar-refractivity contribution in [2.75, 3.05) is 6.61 Å². The van der Waals surface area contributed by atoms with E-state index >= 15 is 0 Å². The third kappa shape index (κ3) is 4.79. The Morgan fingerprint density at radius 3 is 2.67 bits per heavy atom. The Morgan fingerprint density at radius 2 is 2.04 bits per heavy atom. The quantitative estimate of drug-likeness (QED) is 0.497. The third-order valence-electron chi connectivity index (χ3n) is 4.83. The van der Waals surface area contributed by atoms with Gasteiger partial charge >= 0.3 is 5.97 Å². The van der Waals surface area contributed by atoms with Gasteiger partial charge < -0.3 is 9.30 Å². The number of hydrogen-bond donors (Lipinski definition) is 1. The van der Waals surface area contributed by atoms with Crippen molar-refractivity contribution in [3.63, 3.8) is 0 Å². The van der Waals surface area contributed by atoms with Gasteiger partial charge in [-0.25, -0.2) is 0 Å². The first-order chi connectivity index (χ1) is 11.5. The van der Waals surface area contributed by atoms with Gasteiger partial charge in [0.25, 0.3) is 0 Å². The molecule has 136 valence electrons. The zero-order valence-corrected chi connectivity index (χ0v) is 15.6. The highest BCUT2D eigenvalue weighted by Gasteiger charge is 2.35. The maximum absolute atomic E-state index is 12.4. The van der Waals surface area contributed by atoms with Crippen LogP contribution in [0.1, 0.15) is 83.3 Å². The van der Waals surface area contributed by atoms with Crippen LogP contribution >= 0.6 is 0 Å². The van der Waals surface area contributed by atoms with Crippen LogP contribution in [0.3, 0.4) is 0 Å². The molecule has 2 rings (SSSR count). The van der Waals surface area contributed by atoms with E-state index in [1.807, 2.05) is 20.9 Å². The summed E-state index contributed by atoms with van der Waals surface area (Å²) >= 11 is 0. The molecule has 0 saturated heterocycles. The van der Waals surface area contributed by atoms with E-state index in [1.54, 1.807) is 0 Å². The van der Waals surface area contributed by atoms with Crippen LogP contribution in [0.15, 0.2) is 0 Å². The van der Waals surface area contributed by atoms with Crippen molar-refractivity contribution < 1.29 is 9.53 Å². The van der Waals surface area contributed by atoms with Gasteiger partial charge in [0.1, 0.15) is 17.2 Å². The minimum Gasteiger partial charge on any atom is -0.465 e. The number of unbranched alkanes of at least 4 members (excludes halogenated alkanes) is 3. The number of rotatable bonds is 11. The number of carbonyl (C=O) groups is 1. The minimum atomic E-state index is -0.671. The van der Waals surface area contributed by atoms with Crippen LogP contribution in [0.25, 0.3) is 0 Å². The fourth-order valence-corrected chi connectivity index (χ4v) is 2.96. The van der Waals surface area contributed by atoms with Crippen molar-refractivity contribution in [1.29, 1.82) is 0 Å². The van der Waals surface area contributed by atoms with Gasteiger partial charge in [0.05, 0.1) is 13.2 Å². The van der Waals surface area contributed by atoms with Crippen LogP contribution in [0.4, 0.5) is 0 Å². The summed E-state index contributed by atoms with van der Waals surface area (Å²) in [6, 6.07) is 0. The summed E-state index contributed by atoms with van der Waals surface area (Å²) in [5.74, 6) is 2.33. The molecule has 0 bridgehead atoms. The van der Waals surface area contributed by atoms with E-state index in [-0.39, 0.29) is 5.97 Å². The first kappa shape index (κ1) is 18.9. The highest BCUT2D eigenvalue weighted by atomic mass is 16.5. The van der Waals surface area contributed by atoms with E-state index in [4.69, 9.17) is 4.74 Å². The van der Waals surface area contributed by atoms with Crippen LogP contribution in [-0.4, -0.2) is 32.9 Å². The first-order valence-corrected chi connectivity index (χ1v) is 9.32. The second-order valence-corrected chi connectivity index (χ2v) is 7.02. The molecule has 1 aromatic rings. The molecular weight excluding hydrogens is 304 g/mol. The second kappa shape index (κ2) is 8.60. The molecule has 1 fully saturated rings.